The van der Waals surface area contributed by atoms with Gasteiger partial charge in [-0.15, -0.1) is 0 Å². The predicted octanol–water partition coefficient (Wildman–Crippen LogP) is 0.318. The van der Waals surface area contributed by atoms with E-state index >= 15 is 0 Å². The summed E-state index contributed by atoms with van der Waals surface area (Å²) in [5, 5.41) is -0.200. The maximum atomic E-state index is 11.7. The number of hydrogen-bond donors (Lipinski definition) is 1. The van der Waals surface area contributed by atoms with Gasteiger partial charge in [-0.05, 0) is 25.7 Å². The molecule has 0 radical (unpaired) electrons. The van der Waals surface area contributed by atoms with Crippen molar-refractivity contribution in [2.75, 3.05) is 19.5 Å². The van der Waals surface area contributed by atoms with Crippen molar-refractivity contribution in [2.45, 2.75) is 37.0 Å². The van der Waals surface area contributed by atoms with Crippen molar-refractivity contribution in [3.8, 4) is 0 Å². The molecule has 2 unspecified atom stereocenters. The van der Waals surface area contributed by atoms with E-state index in [-0.39, 0.29) is 17.0 Å². The van der Waals surface area contributed by atoms with Gasteiger partial charge in [0, 0.05) is 19.8 Å². The molecule has 0 bridgehead atoms. The Labute approximate surface area is 85.7 Å². The van der Waals surface area contributed by atoms with E-state index in [0.717, 1.165) is 12.8 Å². The molecule has 1 aliphatic carbocycles. The molecule has 0 saturated heterocycles. The molecule has 1 rings (SSSR count). The third kappa shape index (κ3) is 3.22. The van der Waals surface area contributed by atoms with Crippen LogP contribution in [0, 0.1) is 0 Å². The number of ether oxygens (including phenoxy) is 1. The fourth-order valence-corrected chi connectivity index (χ4v) is 3.76. The van der Waals surface area contributed by atoms with Crippen LogP contribution < -0.4 is 5.73 Å². The molecule has 1 saturated carbocycles. The van der Waals surface area contributed by atoms with E-state index in [4.69, 9.17) is 10.5 Å². The molecule has 0 aromatic rings. The van der Waals surface area contributed by atoms with Crippen molar-refractivity contribution >= 4 is 9.84 Å². The van der Waals surface area contributed by atoms with E-state index in [1.807, 2.05) is 0 Å². The number of sulfone groups is 1. The molecule has 0 amide bonds. The van der Waals surface area contributed by atoms with Crippen molar-refractivity contribution in [3.05, 3.63) is 0 Å². The van der Waals surface area contributed by atoms with E-state index in [0.29, 0.717) is 19.4 Å². The van der Waals surface area contributed by atoms with Gasteiger partial charge in [0.05, 0.1) is 11.0 Å². The second-order valence-corrected chi connectivity index (χ2v) is 6.31. The van der Waals surface area contributed by atoms with Gasteiger partial charge in [-0.3, -0.25) is 0 Å². The van der Waals surface area contributed by atoms with Crippen LogP contribution in [0.3, 0.4) is 0 Å². The molecule has 1 aliphatic rings. The van der Waals surface area contributed by atoms with Crippen LogP contribution in [-0.2, 0) is 14.6 Å². The summed E-state index contributed by atoms with van der Waals surface area (Å²) in [5.41, 5.74) is 5.69. The lowest BCUT2D eigenvalue weighted by atomic mass is 10.3. The van der Waals surface area contributed by atoms with Gasteiger partial charge in [-0.1, -0.05) is 0 Å². The zero-order valence-corrected chi connectivity index (χ0v) is 9.42. The van der Waals surface area contributed by atoms with Crippen LogP contribution in [-0.4, -0.2) is 39.2 Å². The molecule has 84 valence electrons. The van der Waals surface area contributed by atoms with Crippen LogP contribution in [0.4, 0.5) is 0 Å². The molecule has 0 heterocycles. The third-order valence-electron chi connectivity index (χ3n) is 2.71. The molecule has 5 heteroatoms. The standard InChI is InChI=1S/C9H19NO3S/c1-13-5-2-6-14(11,12)9-4-3-8(10)7-9/h8-9H,2-7,10H2,1H3. The Morgan fingerprint density at radius 1 is 1.43 bits per heavy atom. The molecule has 14 heavy (non-hydrogen) atoms. The third-order valence-corrected chi connectivity index (χ3v) is 5.01. The molecular formula is C9H19NO3S. The molecule has 4 nitrogen and oxygen atoms in total. The molecular weight excluding hydrogens is 202 g/mol. The van der Waals surface area contributed by atoms with Gasteiger partial charge in [0.25, 0.3) is 0 Å². The number of nitrogens with two attached hydrogens (primary N) is 1. The summed E-state index contributed by atoms with van der Waals surface area (Å²) in [4.78, 5) is 0. The summed E-state index contributed by atoms with van der Waals surface area (Å²) in [6.07, 6.45) is 2.80. The van der Waals surface area contributed by atoms with Gasteiger partial charge in [-0.25, -0.2) is 8.42 Å². The molecule has 1 fully saturated rings. The normalized spacial score (nSPS) is 28.1. The second kappa shape index (κ2) is 5.09. The first-order valence-corrected chi connectivity index (χ1v) is 6.74. The fourth-order valence-electron chi connectivity index (χ4n) is 1.87. The Hall–Kier alpha value is -0.130. The Bertz CT molecular complexity index is 263. The number of rotatable bonds is 5. The maximum Gasteiger partial charge on any atom is 0.153 e. The summed E-state index contributed by atoms with van der Waals surface area (Å²) in [5.74, 6) is 0.234. The van der Waals surface area contributed by atoms with Gasteiger partial charge < -0.3 is 10.5 Å². The Kier molecular flexibility index (Phi) is 4.34. The first kappa shape index (κ1) is 11.9. The van der Waals surface area contributed by atoms with Crippen LogP contribution in [0.2, 0.25) is 0 Å². The molecule has 0 aliphatic heterocycles. The van der Waals surface area contributed by atoms with Crippen LogP contribution >= 0.6 is 0 Å². The van der Waals surface area contributed by atoms with E-state index < -0.39 is 9.84 Å². The zero-order chi connectivity index (χ0) is 10.6. The van der Waals surface area contributed by atoms with E-state index in [1.165, 1.54) is 0 Å². The summed E-state index contributed by atoms with van der Waals surface area (Å²) >= 11 is 0. The number of methoxy groups -OCH3 is 1. The lowest BCUT2D eigenvalue weighted by molar-refractivity contribution is 0.199. The average molecular weight is 221 g/mol. The van der Waals surface area contributed by atoms with Crippen molar-refractivity contribution < 1.29 is 13.2 Å². The minimum atomic E-state index is -2.93. The summed E-state index contributed by atoms with van der Waals surface area (Å²) in [6.45, 7) is 0.512. The largest absolute Gasteiger partial charge is 0.385 e. The highest BCUT2D eigenvalue weighted by atomic mass is 32.2. The molecule has 2 atom stereocenters. The van der Waals surface area contributed by atoms with Gasteiger partial charge in [-0.2, -0.15) is 0 Å². The Balaban J connectivity index is 2.41. The summed E-state index contributed by atoms with van der Waals surface area (Å²) in [6, 6.07) is 0.0807. The van der Waals surface area contributed by atoms with Crippen molar-refractivity contribution in [3.63, 3.8) is 0 Å². The Morgan fingerprint density at radius 3 is 2.64 bits per heavy atom. The lowest BCUT2D eigenvalue weighted by Crippen LogP contribution is -2.24. The highest BCUT2D eigenvalue weighted by Crippen LogP contribution is 2.24. The van der Waals surface area contributed by atoms with Gasteiger partial charge >= 0.3 is 0 Å². The molecule has 0 spiro atoms. The van der Waals surface area contributed by atoms with Crippen molar-refractivity contribution in [1.82, 2.24) is 0 Å². The first-order valence-electron chi connectivity index (χ1n) is 5.02. The van der Waals surface area contributed by atoms with Gasteiger partial charge in [0.2, 0.25) is 0 Å². The maximum absolute atomic E-state index is 11.7. The Morgan fingerprint density at radius 2 is 2.14 bits per heavy atom. The molecule has 2 N–H and O–H groups in total. The quantitative estimate of drug-likeness (QED) is 0.679. The SMILES string of the molecule is COCCCS(=O)(=O)C1CCC(N)C1. The summed E-state index contributed by atoms with van der Waals surface area (Å²) < 4.78 is 28.3. The van der Waals surface area contributed by atoms with Gasteiger partial charge in [0.1, 0.15) is 0 Å². The predicted molar refractivity (Wildman–Crippen MR) is 55.9 cm³/mol. The lowest BCUT2D eigenvalue weighted by Gasteiger charge is -2.10. The van der Waals surface area contributed by atoms with E-state index in [9.17, 15) is 8.42 Å². The van der Waals surface area contributed by atoms with Crippen LogP contribution in [0.1, 0.15) is 25.7 Å². The highest BCUT2D eigenvalue weighted by molar-refractivity contribution is 7.92. The zero-order valence-electron chi connectivity index (χ0n) is 8.61. The topological polar surface area (TPSA) is 69.4 Å². The fraction of sp³-hybridized carbons (Fsp3) is 1.00. The van der Waals surface area contributed by atoms with Crippen LogP contribution in [0.15, 0.2) is 0 Å². The van der Waals surface area contributed by atoms with Crippen molar-refractivity contribution in [1.29, 1.82) is 0 Å². The van der Waals surface area contributed by atoms with Crippen LogP contribution in [0.5, 0.6) is 0 Å². The van der Waals surface area contributed by atoms with Crippen LogP contribution in [0.25, 0.3) is 0 Å². The van der Waals surface area contributed by atoms with Gasteiger partial charge in [0.15, 0.2) is 9.84 Å². The first-order chi connectivity index (χ1) is 6.56. The van der Waals surface area contributed by atoms with E-state index in [2.05, 4.69) is 0 Å². The minimum Gasteiger partial charge on any atom is -0.385 e. The molecule has 0 aromatic heterocycles. The second-order valence-electron chi connectivity index (χ2n) is 3.91. The highest BCUT2D eigenvalue weighted by Gasteiger charge is 2.31. The van der Waals surface area contributed by atoms with E-state index in [1.54, 1.807) is 7.11 Å². The smallest absolute Gasteiger partial charge is 0.153 e. The number of hydrogen-bond acceptors (Lipinski definition) is 4. The van der Waals surface area contributed by atoms with Crippen molar-refractivity contribution in [2.24, 2.45) is 5.73 Å². The minimum absolute atomic E-state index is 0.0807. The average Bonchev–Trinajstić information content (AvgIpc) is 2.53. The monoisotopic (exact) mass is 221 g/mol. The molecule has 0 aromatic carbocycles. The summed E-state index contributed by atoms with van der Waals surface area (Å²) in [7, 11) is -1.34.